The van der Waals surface area contributed by atoms with Crippen LogP contribution in [0, 0.1) is 23.5 Å². The zero-order valence-electron chi connectivity index (χ0n) is 44.7. The van der Waals surface area contributed by atoms with Gasteiger partial charge in [0.15, 0.2) is 5.82 Å². The number of carbonyl (C=O) groups excluding carboxylic acids is 3. The van der Waals surface area contributed by atoms with E-state index in [0.717, 1.165) is 88.6 Å². The van der Waals surface area contributed by atoms with E-state index in [1.54, 1.807) is 17.0 Å². The van der Waals surface area contributed by atoms with Crippen LogP contribution in [0.2, 0.25) is 0 Å². The standard InChI is InChI=1S/C35H39F2N5O4.C24H31N4O3.Y/c1-2-24-26(36)7-5-20-15-23(44)16-25(28(20)24)31-30(37)32-29-27(38-31)8-6-22-18-45-14-4-12-41(22)33(29)40-34(39-32)46-19-35-10-3-13-42(35)21(17-43)9-11-35;29-22-4-3-21(23(30)26-22)28-15-18-14-19(1-2-20(18)24(28)31)27-11-7-17(8-12-27)13-16-5-9-25-10-6-16;/h5,7,15-16,21-22,43-44H,2-4,6,8-14,17-19H2,1H3;1-2,14,16-17,21H,3-13,15H2,(H,26,29,30);/q;-1;/t21-,22?,35?;;/m0../s1. The van der Waals surface area contributed by atoms with E-state index in [9.17, 15) is 24.6 Å². The maximum absolute atomic E-state index is 17.1. The number of benzene rings is 3. The first-order valence-electron chi connectivity index (χ1n) is 28.3. The van der Waals surface area contributed by atoms with Gasteiger partial charge in [-0.15, -0.1) is 13.1 Å². The molecule has 13 rings (SSSR count). The number of piperidine rings is 3. The van der Waals surface area contributed by atoms with E-state index in [2.05, 4.69) is 31.4 Å². The van der Waals surface area contributed by atoms with Crippen molar-refractivity contribution in [3.8, 4) is 23.0 Å². The maximum Gasteiger partial charge on any atom is 0.319 e. The number of anilines is 2. The van der Waals surface area contributed by atoms with Crippen molar-refractivity contribution in [3.63, 3.8) is 0 Å². The van der Waals surface area contributed by atoms with Crippen molar-refractivity contribution in [3.05, 3.63) is 81.8 Å². The molecular formula is C59H70F2N9O7Y-. The third kappa shape index (κ3) is 10.5. The van der Waals surface area contributed by atoms with Gasteiger partial charge in [-0.25, -0.2) is 13.8 Å². The van der Waals surface area contributed by atoms with Crippen molar-refractivity contribution in [2.75, 3.05) is 75.5 Å². The Kier molecular flexibility index (Phi) is 16.4. The predicted molar refractivity (Wildman–Crippen MR) is 288 cm³/mol. The van der Waals surface area contributed by atoms with Crippen molar-refractivity contribution < 1.29 is 75.6 Å². The number of aliphatic hydroxyl groups excluding tert-OH is 1. The summed E-state index contributed by atoms with van der Waals surface area (Å²) in [7, 11) is 0. The van der Waals surface area contributed by atoms with Crippen LogP contribution < -0.4 is 19.9 Å². The second-order valence-corrected chi connectivity index (χ2v) is 22.8. The molecule has 78 heavy (non-hydrogen) atoms. The molecule has 411 valence electrons. The summed E-state index contributed by atoms with van der Waals surface area (Å²) in [6.45, 7) is 9.78. The summed E-state index contributed by atoms with van der Waals surface area (Å²) < 4.78 is 44.5. The summed E-state index contributed by atoms with van der Waals surface area (Å²) in [4.78, 5) is 59.8. The SMILES string of the molecule is CCc1c(F)ccc2cc(O)cc(-c3nc4c5c(nc(OCC67CCCN6[C@H](CO)CC7)nc5c3F)N3CCCOCC3CC4)c12.O=C1CCC(N2Cc3cc(N4CCC(CC5CC[N-]CC5)CC4)ccc3C2=O)C(=O)N1.[Y]. The van der Waals surface area contributed by atoms with Gasteiger partial charge >= 0.3 is 6.01 Å². The fraction of sp³-hybridized carbons (Fsp3) is 0.559. The maximum atomic E-state index is 17.1. The molecule has 0 bridgehead atoms. The van der Waals surface area contributed by atoms with Gasteiger partial charge in [0.05, 0.1) is 35.9 Å². The van der Waals surface area contributed by atoms with E-state index in [1.807, 2.05) is 19.1 Å². The summed E-state index contributed by atoms with van der Waals surface area (Å²) >= 11 is 0. The number of imide groups is 1. The van der Waals surface area contributed by atoms with Gasteiger partial charge in [-0.2, -0.15) is 9.97 Å². The number of nitrogens with zero attached hydrogens (tertiary/aromatic N) is 8. The molecule has 4 atom stereocenters. The van der Waals surface area contributed by atoms with Gasteiger partial charge in [0.1, 0.15) is 41.2 Å². The van der Waals surface area contributed by atoms with Crippen LogP contribution in [0.5, 0.6) is 11.8 Å². The van der Waals surface area contributed by atoms with Crippen LogP contribution in [-0.4, -0.2) is 142 Å². The van der Waals surface area contributed by atoms with Gasteiger partial charge in [-0.3, -0.25) is 24.6 Å². The molecule has 5 aromatic rings. The molecule has 3 unspecified atom stereocenters. The Bertz CT molecular complexity index is 3100. The molecule has 3 N–H and O–H groups in total. The minimum Gasteiger partial charge on any atom is -0.662 e. The van der Waals surface area contributed by atoms with E-state index < -0.39 is 11.9 Å². The van der Waals surface area contributed by atoms with E-state index in [1.165, 1.54) is 49.9 Å². The average Bonchev–Trinajstić information content (AvgIpc) is 4.01. The van der Waals surface area contributed by atoms with Gasteiger partial charge in [0, 0.05) is 94.8 Å². The minimum atomic E-state index is -0.656. The molecule has 19 heteroatoms. The second kappa shape index (κ2) is 23.2. The topological polar surface area (TPSA) is 188 Å². The Balaban J connectivity index is 0.000000176. The zero-order chi connectivity index (χ0) is 53.0. The number of rotatable bonds is 10. The predicted octanol–water partition coefficient (Wildman–Crippen LogP) is 8.14. The third-order valence-electron chi connectivity index (χ3n) is 18.3. The van der Waals surface area contributed by atoms with Gasteiger partial charge in [0.25, 0.3) is 5.91 Å². The summed E-state index contributed by atoms with van der Waals surface area (Å²) in [6.07, 6.45) is 13.3. The molecule has 6 fully saturated rings. The second-order valence-electron chi connectivity index (χ2n) is 22.8. The molecule has 2 aromatic heterocycles. The van der Waals surface area contributed by atoms with Crippen molar-refractivity contribution in [1.82, 2.24) is 30.1 Å². The van der Waals surface area contributed by atoms with Crippen molar-refractivity contribution in [1.29, 1.82) is 0 Å². The molecular weight excluding hydrogens is 1070 g/mol. The Morgan fingerprint density at radius 1 is 0.859 bits per heavy atom. The minimum absolute atomic E-state index is 0. The first-order valence-corrected chi connectivity index (χ1v) is 28.3. The molecule has 3 amide bonds. The largest absolute Gasteiger partial charge is 0.662 e. The van der Waals surface area contributed by atoms with Crippen LogP contribution in [0.1, 0.15) is 118 Å². The molecule has 6 saturated heterocycles. The first kappa shape index (κ1) is 55.0. The number of nitrogens with one attached hydrogen (secondary N) is 1. The van der Waals surface area contributed by atoms with Gasteiger partial charge in [-0.05, 0) is 154 Å². The molecule has 0 saturated carbocycles. The smallest absolute Gasteiger partial charge is 0.319 e. The Hall–Kier alpha value is -4.98. The fourth-order valence-corrected chi connectivity index (χ4v) is 14.2. The number of aromatic nitrogens is 3. The van der Waals surface area contributed by atoms with E-state index in [-0.39, 0.29) is 110 Å². The van der Waals surface area contributed by atoms with Crippen LogP contribution in [-0.2, 0) is 66.4 Å². The van der Waals surface area contributed by atoms with E-state index in [4.69, 9.17) is 24.4 Å². The van der Waals surface area contributed by atoms with Gasteiger partial charge in [0.2, 0.25) is 11.8 Å². The summed E-state index contributed by atoms with van der Waals surface area (Å²) in [5.41, 5.74) is 4.20. The number of carbonyl (C=O) groups is 3. The quantitative estimate of drug-likeness (QED) is 0.114. The number of hydrogen-bond acceptors (Lipinski definition) is 13. The summed E-state index contributed by atoms with van der Waals surface area (Å²) in [5.74, 6) is 0.468. The van der Waals surface area contributed by atoms with Crippen molar-refractivity contribution in [2.45, 2.75) is 133 Å². The number of pyridine rings is 1. The Morgan fingerprint density at radius 3 is 2.47 bits per heavy atom. The molecule has 0 aliphatic carbocycles. The van der Waals surface area contributed by atoms with Crippen LogP contribution in [0.15, 0.2) is 42.5 Å². The third-order valence-corrected chi connectivity index (χ3v) is 18.3. The Morgan fingerprint density at radius 2 is 1.68 bits per heavy atom. The van der Waals surface area contributed by atoms with E-state index in [0.29, 0.717) is 96.5 Å². The number of fused-ring (bicyclic) bond motifs is 5. The number of ether oxygens (including phenoxy) is 2. The fourth-order valence-electron chi connectivity index (χ4n) is 14.2. The molecule has 3 aromatic carbocycles. The number of aromatic hydroxyl groups is 1. The number of amides is 3. The molecule has 8 aliphatic rings. The summed E-state index contributed by atoms with van der Waals surface area (Å²) in [6, 6.07) is 11.8. The zero-order valence-corrected chi connectivity index (χ0v) is 47.5. The normalized spacial score (nSPS) is 24.7. The number of aliphatic hydroxyl groups is 1. The average molecular weight is 1140 g/mol. The van der Waals surface area contributed by atoms with Crippen LogP contribution in [0.25, 0.3) is 38.2 Å². The number of halogens is 2. The number of aryl methyl sites for hydroxylation is 2. The molecule has 1 radical (unpaired) electrons. The molecule has 8 aliphatic heterocycles. The van der Waals surface area contributed by atoms with Crippen LogP contribution in [0.4, 0.5) is 20.3 Å². The molecule has 16 nitrogen and oxygen atoms in total. The first-order chi connectivity index (χ1) is 37.5. The number of phenolic OH excluding ortho intramolecular Hbond substituents is 1. The molecule has 0 spiro atoms. The van der Waals surface area contributed by atoms with E-state index >= 15 is 8.78 Å². The Labute approximate surface area is 479 Å². The number of phenols is 1. The molecule has 10 heterocycles. The number of hydrogen-bond donors (Lipinski definition) is 3. The summed E-state index contributed by atoms with van der Waals surface area (Å²) in [5, 5.41) is 29.2. The van der Waals surface area contributed by atoms with Crippen molar-refractivity contribution >= 4 is 50.9 Å². The van der Waals surface area contributed by atoms with Crippen LogP contribution in [0.3, 0.4) is 0 Å². The van der Waals surface area contributed by atoms with Crippen molar-refractivity contribution in [2.24, 2.45) is 11.8 Å². The monoisotopic (exact) mass is 1140 g/mol. The van der Waals surface area contributed by atoms with Crippen LogP contribution >= 0.6 is 0 Å². The van der Waals surface area contributed by atoms with Gasteiger partial charge < -0.3 is 39.7 Å². The van der Waals surface area contributed by atoms with Gasteiger partial charge in [-0.1, -0.05) is 25.8 Å².